The molecule has 0 N–H and O–H groups in total. The van der Waals surface area contributed by atoms with Gasteiger partial charge in [0, 0.05) is 5.56 Å². The Balaban J connectivity index is 3.24. The van der Waals surface area contributed by atoms with E-state index in [2.05, 4.69) is 4.98 Å². The van der Waals surface area contributed by atoms with Crippen molar-refractivity contribution < 1.29 is 18.3 Å². The van der Waals surface area contributed by atoms with Crippen molar-refractivity contribution in [2.45, 2.75) is 13.3 Å². The van der Waals surface area contributed by atoms with Gasteiger partial charge >= 0.3 is 0 Å². The lowest BCUT2D eigenvalue weighted by Crippen LogP contribution is -2.00. The fraction of sp³-hybridized carbons (Fsp3) is 0.444. The third kappa shape index (κ3) is 1.92. The largest absolute Gasteiger partial charge is 0.481 e. The molecule has 0 atom stereocenters. The monoisotopic (exact) mass is 203 g/mol. The van der Waals surface area contributed by atoms with Crippen LogP contribution >= 0.6 is 0 Å². The number of hydrogen-bond donors (Lipinski definition) is 0. The highest BCUT2D eigenvalue weighted by Crippen LogP contribution is 2.31. The van der Waals surface area contributed by atoms with Gasteiger partial charge in [0.05, 0.1) is 19.8 Å². The molecular formula is C9H11F2NO2. The van der Waals surface area contributed by atoms with Gasteiger partial charge in [0.25, 0.3) is 6.43 Å². The van der Waals surface area contributed by atoms with Gasteiger partial charge in [-0.15, -0.1) is 0 Å². The van der Waals surface area contributed by atoms with Crippen LogP contribution in [0.15, 0.2) is 6.07 Å². The second-order valence-electron chi connectivity index (χ2n) is 2.71. The fourth-order valence-electron chi connectivity index (χ4n) is 1.13. The summed E-state index contributed by atoms with van der Waals surface area (Å²) in [5, 5.41) is 0. The molecule has 1 aromatic heterocycles. The van der Waals surface area contributed by atoms with Gasteiger partial charge in [-0.2, -0.15) is 4.98 Å². The van der Waals surface area contributed by atoms with Gasteiger partial charge < -0.3 is 9.47 Å². The number of methoxy groups -OCH3 is 2. The van der Waals surface area contributed by atoms with Gasteiger partial charge in [-0.25, -0.2) is 8.78 Å². The predicted octanol–water partition coefficient (Wildman–Crippen LogP) is 2.34. The van der Waals surface area contributed by atoms with Gasteiger partial charge in [-0.1, -0.05) is 0 Å². The first-order valence-corrected chi connectivity index (χ1v) is 3.97. The van der Waals surface area contributed by atoms with E-state index in [4.69, 9.17) is 9.47 Å². The molecule has 3 nitrogen and oxygen atoms in total. The zero-order chi connectivity index (χ0) is 10.7. The van der Waals surface area contributed by atoms with Crippen molar-refractivity contribution >= 4 is 0 Å². The Kier molecular flexibility index (Phi) is 3.22. The second kappa shape index (κ2) is 4.21. The van der Waals surface area contributed by atoms with E-state index in [1.54, 1.807) is 6.92 Å². The third-order valence-corrected chi connectivity index (χ3v) is 1.78. The van der Waals surface area contributed by atoms with Gasteiger partial charge in [0.15, 0.2) is 0 Å². The number of rotatable bonds is 3. The molecule has 78 valence electrons. The van der Waals surface area contributed by atoms with Gasteiger partial charge in [-0.3, -0.25) is 0 Å². The van der Waals surface area contributed by atoms with Crippen LogP contribution in [0, 0.1) is 6.92 Å². The van der Waals surface area contributed by atoms with Crippen LogP contribution in [0.4, 0.5) is 8.78 Å². The Morgan fingerprint density at radius 1 is 1.21 bits per heavy atom. The van der Waals surface area contributed by atoms with Gasteiger partial charge in [-0.05, 0) is 13.0 Å². The second-order valence-corrected chi connectivity index (χ2v) is 2.71. The Hall–Kier alpha value is -1.39. The lowest BCUT2D eigenvalue weighted by molar-refractivity contribution is 0.145. The molecule has 0 spiro atoms. The number of halogens is 2. The van der Waals surface area contributed by atoms with Crippen LogP contribution in [0.1, 0.15) is 17.6 Å². The quantitative estimate of drug-likeness (QED) is 0.755. The molecule has 0 aliphatic carbocycles. The molecule has 0 saturated heterocycles. The van der Waals surface area contributed by atoms with E-state index < -0.39 is 6.43 Å². The molecule has 1 aromatic rings. The lowest BCUT2D eigenvalue weighted by atomic mass is 10.2. The van der Waals surface area contributed by atoms with Crippen LogP contribution in [0.25, 0.3) is 0 Å². The summed E-state index contributed by atoms with van der Waals surface area (Å²) < 4.78 is 34.6. The summed E-state index contributed by atoms with van der Waals surface area (Å²) >= 11 is 0. The number of alkyl halides is 2. The first-order chi connectivity index (χ1) is 6.60. The molecule has 0 aliphatic heterocycles. The number of aromatic nitrogens is 1. The zero-order valence-corrected chi connectivity index (χ0v) is 8.17. The maximum absolute atomic E-state index is 12.5. The van der Waals surface area contributed by atoms with Crippen molar-refractivity contribution in [1.82, 2.24) is 4.98 Å². The summed E-state index contributed by atoms with van der Waals surface area (Å²) in [6, 6.07) is 1.31. The number of hydrogen-bond acceptors (Lipinski definition) is 3. The predicted molar refractivity (Wildman–Crippen MR) is 47.0 cm³/mol. The van der Waals surface area contributed by atoms with Crippen molar-refractivity contribution in [1.29, 1.82) is 0 Å². The molecule has 0 radical (unpaired) electrons. The van der Waals surface area contributed by atoms with Crippen LogP contribution in [0.2, 0.25) is 0 Å². The van der Waals surface area contributed by atoms with E-state index in [1.807, 2.05) is 0 Å². The molecule has 14 heavy (non-hydrogen) atoms. The van der Waals surface area contributed by atoms with Crippen LogP contribution in [0.3, 0.4) is 0 Å². The summed E-state index contributed by atoms with van der Waals surface area (Å²) in [7, 11) is 2.72. The molecule has 1 rings (SSSR count). The molecular weight excluding hydrogens is 192 g/mol. The van der Waals surface area contributed by atoms with Gasteiger partial charge in [0.1, 0.15) is 0 Å². The molecule has 0 aliphatic rings. The number of pyridine rings is 1. The zero-order valence-electron chi connectivity index (χ0n) is 8.17. The first kappa shape index (κ1) is 10.7. The summed E-state index contributed by atoms with van der Waals surface area (Å²) in [4.78, 5) is 3.81. The standard InChI is InChI=1S/C9H11F2NO2/c1-5-4-6(7(10)11)9(14-3)12-8(5)13-2/h4,7H,1-3H3. The third-order valence-electron chi connectivity index (χ3n) is 1.78. The average molecular weight is 203 g/mol. The summed E-state index contributed by atoms with van der Waals surface area (Å²) in [6.45, 7) is 1.65. The molecule has 0 fully saturated rings. The minimum absolute atomic E-state index is 0.0950. The topological polar surface area (TPSA) is 31.4 Å². The van der Waals surface area contributed by atoms with Crippen molar-refractivity contribution in [2.75, 3.05) is 14.2 Å². The molecule has 0 unspecified atom stereocenters. The maximum Gasteiger partial charge on any atom is 0.269 e. The smallest absolute Gasteiger partial charge is 0.269 e. The number of nitrogens with zero attached hydrogens (tertiary/aromatic N) is 1. The molecule has 1 heterocycles. The van der Waals surface area contributed by atoms with E-state index in [1.165, 1.54) is 20.3 Å². The van der Waals surface area contributed by atoms with Crippen molar-refractivity contribution in [3.05, 3.63) is 17.2 Å². The summed E-state index contributed by atoms with van der Waals surface area (Å²) in [6.07, 6.45) is -2.60. The van der Waals surface area contributed by atoms with Crippen LogP contribution < -0.4 is 9.47 Å². The van der Waals surface area contributed by atoms with Crippen molar-refractivity contribution in [3.63, 3.8) is 0 Å². The SMILES string of the molecule is COc1nc(OC)c(C(F)F)cc1C. The minimum atomic E-state index is -2.60. The van der Waals surface area contributed by atoms with Crippen molar-refractivity contribution in [2.24, 2.45) is 0 Å². The number of aryl methyl sites for hydroxylation is 1. The lowest BCUT2D eigenvalue weighted by Gasteiger charge is -2.10. The molecule has 5 heteroatoms. The van der Waals surface area contributed by atoms with E-state index in [9.17, 15) is 8.78 Å². The fourth-order valence-corrected chi connectivity index (χ4v) is 1.13. The van der Waals surface area contributed by atoms with Crippen LogP contribution in [-0.4, -0.2) is 19.2 Å². The summed E-state index contributed by atoms with van der Waals surface area (Å²) in [5.74, 6) is 0.203. The highest BCUT2D eigenvalue weighted by molar-refractivity contribution is 5.37. The highest BCUT2D eigenvalue weighted by Gasteiger charge is 2.17. The van der Waals surface area contributed by atoms with E-state index >= 15 is 0 Å². The Labute approximate surface area is 80.7 Å². The summed E-state index contributed by atoms with van der Waals surface area (Å²) in [5.41, 5.74) is 0.342. The Morgan fingerprint density at radius 2 is 1.79 bits per heavy atom. The Morgan fingerprint density at radius 3 is 2.21 bits per heavy atom. The molecule has 0 amide bonds. The van der Waals surface area contributed by atoms with Gasteiger partial charge in [0.2, 0.25) is 11.8 Å². The first-order valence-electron chi connectivity index (χ1n) is 3.97. The average Bonchev–Trinajstić information content (AvgIpc) is 2.17. The molecule has 0 saturated carbocycles. The number of ether oxygens (including phenoxy) is 2. The molecule has 0 aromatic carbocycles. The highest BCUT2D eigenvalue weighted by atomic mass is 19.3. The van der Waals surface area contributed by atoms with Crippen LogP contribution in [0.5, 0.6) is 11.8 Å². The molecule has 0 bridgehead atoms. The van der Waals surface area contributed by atoms with Crippen molar-refractivity contribution in [3.8, 4) is 11.8 Å². The van der Waals surface area contributed by atoms with E-state index in [0.717, 1.165) is 0 Å². The normalized spacial score (nSPS) is 10.4. The maximum atomic E-state index is 12.5. The van der Waals surface area contributed by atoms with E-state index in [-0.39, 0.29) is 11.4 Å². The van der Waals surface area contributed by atoms with Crippen LogP contribution in [-0.2, 0) is 0 Å². The Bertz CT molecular complexity index is 329. The van der Waals surface area contributed by atoms with E-state index in [0.29, 0.717) is 11.4 Å². The minimum Gasteiger partial charge on any atom is -0.481 e.